The van der Waals surface area contributed by atoms with Crippen LogP contribution in [0, 0.1) is 0 Å². The van der Waals surface area contributed by atoms with Gasteiger partial charge in [0.2, 0.25) is 11.8 Å². The van der Waals surface area contributed by atoms with Crippen molar-refractivity contribution in [3.63, 3.8) is 0 Å². The van der Waals surface area contributed by atoms with Gasteiger partial charge in [0.15, 0.2) is 0 Å². The normalized spacial score (nSPS) is 11.9. The molecule has 0 aliphatic rings. The second-order valence-corrected chi connectivity index (χ2v) is 6.71. The number of ether oxygens (including phenoxy) is 2. The fourth-order valence-electron chi connectivity index (χ4n) is 1.88. The molecule has 0 saturated heterocycles. The van der Waals surface area contributed by atoms with Crippen LogP contribution >= 0.6 is 0 Å². The van der Waals surface area contributed by atoms with Crippen LogP contribution in [-0.4, -0.2) is 43.2 Å². The van der Waals surface area contributed by atoms with Gasteiger partial charge in [-0.2, -0.15) is 0 Å². The molecule has 0 fully saturated rings. The molecule has 144 valence electrons. The SMILES string of the molecule is COc1ccc(CNC(=O)CNC(=O)[C@@H](C)NC(=O)OC(C)(C)C)cc1. The number of nitrogens with one attached hydrogen (secondary N) is 3. The molecule has 0 unspecified atom stereocenters. The first-order valence-electron chi connectivity index (χ1n) is 8.27. The van der Waals surface area contributed by atoms with E-state index < -0.39 is 23.6 Å². The Morgan fingerprint density at radius 1 is 1.08 bits per heavy atom. The standard InChI is InChI=1S/C18H27N3O5/c1-12(21-17(24)26-18(2,3)4)16(23)20-11-15(22)19-10-13-6-8-14(25-5)9-7-13/h6-9,12H,10-11H2,1-5H3,(H,19,22)(H,20,23)(H,21,24)/t12-/m1/s1. The predicted molar refractivity (Wildman–Crippen MR) is 96.7 cm³/mol. The predicted octanol–water partition coefficient (Wildman–Crippen LogP) is 1.34. The highest BCUT2D eigenvalue weighted by molar-refractivity contribution is 5.89. The van der Waals surface area contributed by atoms with E-state index in [2.05, 4.69) is 16.0 Å². The lowest BCUT2D eigenvalue weighted by Gasteiger charge is -2.21. The van der Waals surface area contributed by atoms with Crippen LogP contribution < -0.4 is 20.7 Å². The molecule has 0 aliphatic heterocycles. The van der Waals surface area contributed by atoms with Gasteiger partial charge in [0, 0.05) is 6.54 Å². The summed E-state index contributed by atoms with van der Waals surface area (Å²) in [5, 5.41) is 7.57. The number of hydrogen-bond acceptors (Lipinski definition) is 5. The summed E-state index contributed by atoms with van der Waals surface area (Å²) >= 11 is 0. The van der Waals surface area contributed by atoms with Crippen molar-refractivity contribution < 1.29 is 23.9 Å². The monoisotopic (exact) mass is 365 g/mol. The van der Waals surface area contributed by atoms with Crippen molar-refractivity contribution in [1.82, 2.24) is 16.0 Å². The van der Waals surface area contributed by atoms with Gasteiger partial charge in [-0.15, -0.1) is 0 Å². The Morgan fingerprint density at radius 3 is 2.23 bits per heavy atom. The van der Waals surface area contributed by atoms with Gasteiger partial charge in [0.25, 0.3) is 0 Å². The Kier molecular flexibility index (Phi) is 7.89. The summed E-state index contributed by atoms with van der Waals surface area (Å²) in [7, 11) is 1.58. The molecule has 3 amide bonds. The average molecular weight is 365 g/mol. The molecule has 26 heavy (non-hydrogen) atoms. The van der Waals surface area contributed by atoms with Crippen molar-refractivity contribution in [3.8, 4) is 5.75 Å². The molecule has 0 aliphatic carbocycles. The topological polar surface area (TPSA) is 106 Å². The number of carbonyl (C=O) groups excluding carboxylic acids is 3. The number of hydrogen-bond donors (Lipinski definition) is 3. The van der Waals surface area contributed by atoms with Crippen molar-refractivity contribution >= 4 is 17.9 Å². The molecule has 1 aromatic rings. The van der Waals surface area contributed by atoms with E-state index in [-0.39, 0.29) is 12.5 Å². The molecule has 0 bridgehead atoms. The van der Waals surface area contributed by atoms with Crippen LogP contribution in [0.1, 0.15) is 33.3 Å². The van der Waals surface area contributed by atoms with Crippen LogP contribution in [0.4, 0.5) is 4.79 Å². The van der Waals surface area contributed by atoms with Crippen molar-refractivity contribution in [2.24, 2.45) is 0 Å². The van der Waals surface area contributed by atoms with Crippen LogP contribution in [0.3, 0.4) is 0 Å². The van der Waals surface area contributed by atoms with Crippen molar-refractivity contribution in [1.29, 1.82) is 0 Å². The molecule has 0 heterocycles. The minimum absolute atomic E-state index is 0.185. The first-order chi connectivity index (χ1) is 12.1. The second kappa shape index (κ2) is 9.65. The minimum atomic E-state index is -0.820. The zero-order chi connectivity index (χ0) is 19.7. The lowest BCUT2D eigenvalue weighted by atomic mass is 10.2. The van der Waals surface area contributed by atoms with Gasteiger partial charge >= 0.3 is 6.09 Å². The zero-order valence-corrected chi connectivity index (χ0v) is 15.8. The third-order valence-electron chi connectivity index (χ3n) is 3.20. The summed E-state index contributed by atoms with van der Waals surface area (Å²) in [5.74, 6) is -0.0760. The van der Waals surface area contributed by atoms with E-state index >= 15 is 0 Å². The lowest BCUT2D eigenvalue weighted by Crippen LogP contribution is -2.48. The number of benzene rings is 1. The molecule has 0 aromatic heterocycles. The zero-order valence-electron chi connectivity index (χ0n) is 15.8. The number of amides is 3. The summed E-state index contributed by atoms with van der Waals surface area (Å²) in [5.41, 5.74) is 0.257. The van der Waals surface area contributed by atoms with Gasteiger partial charge in [-0.25, -0.2) is 4.79 Å². The molecule has 1 rings (SSSR count). The molecular weight excluding hydrogens is 338 g/mol. The van der Waals surface area contributed by atoms with Crippen molar-refractivity contribution in [2.45, 2.75) is 45.9 Å². The van der Waals surface area contributed by atoms with Crippen LogP contribution in [0.5, 0.6) is 5.75 Å². The molecule has 1 atom stereocenters. The lowest BCUT2D eigenvalue weighted by molar-refractivity contribution is -0.127. The Balaban J connectivity index is 2.32. The summed E-state index contributed by atoms with van der Waals surface area (Å²) in [6.07, 6.45) is -0.691. The Labute approximate surface area is 153 Å². The molecule has 3 N–H and O–H groups in total. The maximum atomic E-state index is 11.9. The van der Waals surface area contributed by atoms with E-state index in [9.17, 15) is 14.4 Å². The maximum absolute atomic E-state index is 11.9. The largest absolute Gasteiger partial charge is 0.497 e. The molecule has 0 spiro atoms. The highest BCUT2D eigenvalue weighted by Gasteiger charge is 2.21. The third kappa shape index (κ3) is 8.36. The molecule has 0 radical (unpaired) electrons. The first kappa shape index (κ1) is 21.3. The molecule has 8 nitrogen and oxygen atoms in total. The average Bonchev–Trinajstić information content (AvgIpc) is 2.56. The van der Waals surface area contributed by atoms with Gasteiger partial charge in [-0.05, 0) is 45.4 Å². The van der Waals surface area contributed by atoms with Crippen LogP contribution in [0.15, 0.2) is 24.3 Å². The van der Waals surface area contributed by atoms with Gasteiger partial charge in [-0.3, -0.25) is 9.59 Å². The van der Waals surface area contributed by atoms with Crippen LogP contribution in [-0.2, 0) is 20.9 Å². The first-order valence-corrected chi connectivity index (χ1v) is 8.27. The van der Waals surface area contributed by atoms with Gasteiger partial charge < -0.3 is 25.4 Å². The maximum Gasteiger partial charge on any atom is 0.408 e. The number of carbonyl (C=O) groups is 3. The Morgan fingerprint density at radius 2 is 1.69 bits per heavy atom. The highest BCUT2D eigenvalue weighted by atomic mass is 16.6. The van der Waals surface area contributed by atoms with E-state index in [0.29, 0.717) is 6.54 Å². The van der Waals surface area contributed by atoms with Crippen LogP contribution in [0.2, 0.25) is 0 Å². The van der Waals surface area contributed by atoms with E-state index in [0.717, 1.165) is 11.3 Å². The fourth-order valence-corrected chi connectivity index (χ4v) is 1.88. The van der Waals surface area contributed by atoms with Crippen LogP contribution in [0.25, 0.3) is 0 Å². The fraction of sp³-hybridized carbons (Fsp3) is 0.500. The molecule has 0 saturated carbocycles. The Hall–Kier alpha value is -2.77. The summed E-state index contributed by atoms with van der Waals surface area (Å²) in [6.45, 7) is 6.84. The van der Waals surface area contributed by atoms with Crippen molar-refractivity contribution in [2.75, 3.05) is 13.7 Å². The molecule has 8 heteroatoms. The van der Waals surface area contributed by atoms with Gasteiger partial charge in [0.05, 0.1) is 13.7 Å². The summed E-state index contributed by atoms with van der Waals surface area (Å²) in [6, 6.07) is 6.45. The number of rotatable bonds is 7. The smallest absolute Gasteiger partial charge is 0.408 e. The van der Waals surface area contributed by atoms with E-state index in [4.69, 9.17) is 9.47 Å². The van der Waals surface area contributed by atoms with Gasteiger partial charge in [0.1, 0.15) is 17.4 Å². The third-order valence-corrected chi connectivity index (χ3v) is 3.20. The van der Waals surface area contributed by atoms with Gasteiger partial charge in [-0.1, -0.05) is 12.1 Å². The molecule has 1 aromatic carbocycles. The quantitative estimate of drug-likeness (QED) is 0.676. The van der Waals surface area contributed by atoms with E-state index in [1.807, 2.05) is 12.1 Å². The second-order valence-electron chi connectivity index (χ2n) is 6.71. The highest BCUT2D eigenvalue weighted by Crippen LogP contribution is 2.10. The number of alkyl carbamates (subject to hydrolysis) is 1. The summed E-state index contributed by atoms with van der Waals surface area (Å²) in [4.78, 5) is 35.3. The minimum Gasteiger partial charge on any atom is -0.497 e. The Bertz CT molecular complexity index is 623. The molecular formula is C18H27N3O5. The number of methoxy groups -OCH3 is 1. The van der Waals surface area contributed by atoms with E-state index in [1.54, 1.807) is 40.0 Å². The van der Waals surface area contributed by atoms with Crippen molar-refractivity contribution in [3.05, 3.63) is 29.8 Å². The summed E-state index contributed by atoms with van der Waals surface area (Å²) < 4.78 is 10.1. The van der Waals surface area contributed by atoms with E-state index in [1.165, 1.54) is 6.92 Å².